The summed E-state index contributed by atoms with van der Waals surface area (Å²) < 4.78 is 25.7. The number of sulfonamides is 1. The van der Waals surface area contributed by atoms with Crippen molar-refractivity contribution >= 4 is 16.0 Å². The second-order valence-corrected chi connectivity index (χ2v) is 6.16. The number of aromatic amines is 1. The van der Waals surface area contributed by atoms with Crippen molar-refractivity contribution in [1.29, 1.82) is 0 Å². The van der Waals surface area contributed by atoms with Gasteiger partial charge in [0.25, 0.3) is 10.0 Å². The van der Waals surface area contributed by atoms with Crippen molar-refractivity contribution in [3.63, 3.8) is 0 Å². The van der Waals surface area contributed by atoms with E-state index < -0.39 is 22.0 Å². The molecular formula is C10H15N3O4S. The van der Waals surface area contributed by atoms with Crippen LogP contribution in [0.2, 0.25) is 0 Å². The maximum atomic E-state index is 12.3. The number of H-pyrrole nitrogens is 1. The van der Waals surface area contributed by atoms with Crippen LogP contribution in [-0.4, -0.2) is 46.4 Å². The van der Waals surface area contributed by atoms with Crippen LogP contribution in [0.15, 0.2) is 11.2 Å². The maximum Gasteiger partial charge on any atom is 0.322 e. The van der Waals surface area contributed by atoms with E-state index in [4.69, 9.17) is 5.11 Å². The lowest BCUT2D eigenvalue weighted by molar-refractivity contribution is -0.142. The number of aromatic nitrogens is 2. The topological polar surface area (TPSA) is 103 Å². The van der Waals surface area contributed by atoms with Gasteiger partial charge in [0, 0.05) is 6.54 Å². The molecule has 2 heterocycles. The summed E-state index contributed by atoms with van der Waals surface area (Å²) in [5.74, 6) is -0.619. The lowest BCUT2D eigenvalue weighted by Gasteiger charge is -2.31. The normalized spacial score (nSPS) is 21.9. The van der Waals surface area contributed by atoms with Crippen molar-refractivity contribution in [2.24, 2.45) is 0 Å². The van der Waals surface area contributed by atoms with Gasteiger partial charge in [-0.25, -0.2) is 13.4 Å². The Morgan fingerprint density at radius 3 is 2.83 bits per heavy atom. The molecule has 0 amide bonds. The fraction of sp³-hybridized carbons (Fsp3) is 0.600. The first-order valence-electron chi connectivity index (χ1n) is 5.69. The number of aliphatic carboxylic acids is 1. The first-order chi connectivity index (χ1) is 8.43. The highest BCUT2D eigenvalue weighted by molar-refractivity contribution is 7.89. The summed E-state index contributed by atoms with van der Waals surface area (Å²) >= 11 is 0. The zero-order valence-electron chi connectivity index (χ0n) is 9.96. The third kappa shape index (κ3) is 2.25. The van der Waals surface area contributed by atoms with Gasteiger partial charge in [-0.3, -0.25) is 4.79 Å². The Kier molecular flexibility index (Phi) is 3.40. The summed E-state index contributed by atoms with van der Waals surface area (Å²) in [4.78, 5) is 17.6. The van der Waals surface area contributed by atoms with Crippen molar-refractivity contribution in [2.75, 3.05) is 6.54 Å². The van der Waals surface area contributed by atoms with E-state index in [9.17, 15) is 13.2 Å². The van der Waals surface area contributed by atoms with E-state index >= 15 is 0 Å². The molecule has 2 N–H and O–H groups in total. The van der Waals surface area contributed by atoms with Crippen LogP contribution in [0.4, 0.5) is 0 Å². The Bertz CT molecular complexity index is 551. The molecule has 1 fully saturated rings. The maximum absolute atomic E-state index is 12.3. The predicted molar refractivity (Wildman–Crippen MR) is 62.5 cm³/mol. The molecule has 1 aliphatic heterocycles. The number of nitrogens with one attached hydrogen (secondary N) is 1. The molecule has 1 atom stereocenters. The van der Waals surface area contributed by atoms with Crippen LogP contribution in [0.25, 0.3) is 0 Å². The number of rotatable bonds is 3. The SMILES string of the molecule is Cc1ncc(S(=O)(=O)N2CCCC[C@H]2C(=O)O)[nH]1. The number of imidazole rings is 1. The van der Waals surface area contributed by atoms with E-state index in [0.29, 0.717) is 18.7 Å². The predicted octanol–water partition coefficient (Wildman–Crippen LogP) is 0.346. The second kappa shape index (κ2) is 4.69. The van der Waals surface area contributed by atoms with Gasteiger partial charge in [0.2, 0.25) is 0 Å². The van der Waals surface area contributed by atoms with E-state index in [1.165, 1.54) is 6.20 Å². The zero-order chi connectivity index (χ0) is 13.3. The number of nitrogens with zero attached hydrogens (tertiary/aromatic N) is 2. The van der Waals surface area contributed by atoms with Crippen LogP contribution in [-0.2, 0) is 14.8 Å². The molecule has 0 aliphatic carbocycles. The van der Waals surface area contributed by atoms with Gasteiger partial charge >= 0.3 is 5.97 Å². The molecule has 0 unspecified atom stereocenters. The first kappa shape index (κ1) is 13.0. The smallest absolute Gasteiger partial charge is 0.322 e. The molecule has 100 valence electrons. The molecule has 0 spiro atoms. The summed E-state index contributed by atoms with van der Waals surface area (Å²) in [5, 5.41) is 9.04. The average Bonchev–Trinajstić information content (AvgIpc) is 2.76. The second-order valence-electron chi connectivity index (χ2n) is 4.30. The molecule has 7 nitrogen and oxygen atoms in total. The highest BCUT2D eigenvalue weighted by Gasteiger charge is 2.38. The molecule has 8 heteroatoms. The van der Waals surface area contributed by atoms with Gasteiger partial charge in [0.05, 0.1) is 6.20 Å². The number of carboxylic acids is 1. The first-order valence-corrected chi connectivity index (χ1v) is 7.13. The fourth-order valence-corrected chi connectivity index (χ4v) is 3.71. The molecule has 18 heavy (non-hydrogen) atoms. The number of piperidine rings is 1. The molecule has 1 saturated heterocycles. The average molecular weight is 273 g/mol. The minimum atomic E-state index is -3.80. The fourth-order valence-electron chi connectivity index (χ4n) is 2.10. The van der Waals surface area contributed by atoms with Gasteiger partial charge in [-0.05, 0) is 26.2 Å². The Labute approximate surface area is 105 Å². The lowest BCUT2D eigenvalue weighted by atomic mass is 10.1. The van der Waals surface area contributed by atoms with Crippen LogP contribution in [0.5, 0.6) is 0 Å². The van der Waals surface area contributed by atoms with E-state index in [2.05, 4.69) is 9.97 Å². The van der Waals surface area contributed by atoms with Gasteiger partial charge in [0.1, 0.15) is 11.9 Å². The summed E-state index contributed by atoms with van der Waals surface area (Å²) in [6.07, 6.45) is 2.97. The molecule has 2 rings (SSSR count). The minimum Gasteiger partial charge on any atom is -0.480 e. The lowest BCUT2D eigenvalue weighted by Crippen LogP contribution is -2.47. The zero-order valence-corrected chi connectivity index (χ0v) is 10.8. The van der Waals surface area contributed by atoms with Crippen LogP contribution >= 0.6 is 0 Å². The van der Waals surface area contributed by atoms with Gasteiger partial charge in [0.15, 0.2) is 5.03 Å². The number of carbonyl (C=O) groups is 1. The van der Waals surface area contributed by atoms with Crippen LogP contribution in [0, 0.1) is 6.92 Å². The third-order valence-electron chi connectivity index (χ3n) is 3.00. The number of carboxylic acid groups (broad SMARTS) is 1. The highest BCUT2D eigenvalue weighted by atomic mass is 32.2. The number of aryl methyl sites for hydroxylation is 1. The molecule has 0 saturated carbocycles. The molecular weight excluding hydrogens is 258 g/mol. The summed E-state index contributed by atoms with van der Waals surface area (Å²) in [5.41, 5.74) is 0. The van der Waals surface area contributed by atoms with E-state index in [1.807, 2.05) is 0 Å². The third-order valence-corrected chi connectivity index (χ3v) is 4.82. The molecule has 1 aliphatic rings. The number of hydrogen-bond acceptors (Lipinski definition) is 4. The van der Waals surface area contributed by atoms with Crippen molar-refractivity contribution in [3.8, 4) is 0 Å². The van der Waals surface area contributed by atoms with Crippen molar-refractivity contribution in [2.45, 2.75) is 37.3 Å². The van der Waals surface area contributed by atoms with Crippen LogP contribution in [0.1, 0.15) is 25.1 Å². The van der Waals surface area contributed by atoms with Gasteiger partial charge in [-0.1, -0.05) is 0 Å². The van der Waals surface area contributed by atoms with Gasteiger partial charge in [-0.15, -0.1) is 0 Å². The molecule has 1 aromatic heterocycles. The number of hydrogen-bond donors (Lipinski definition) is 2. The van der Waals surface area contributed by atoms with Crippen molar-refractivity contribution in [3.05, 3.63) is 12.0 Å². The van der Waals surface area contributed by atoms with Crippen LogP contribution < -0.4 is 0 Å². The minimum absolute atomic E-state index is 0.0480. The highest BCUT2D eigenvalue weighted by Crippen LogP contribution is 2.24. The van der Waals surface area contributed by atoms with Crippen LogP contribution in [0.3, 0.4) is 0 Å². The quantitative estimate of drug-likeness (QED) is 0.826. The van der Waals surface area contributed by atoms with Gasteiger partial charge in [-0.2, -0.15) is 4.31 Å². The van der Waals surface area contributed by atoms with Gasteiger partial charge < -0.3 is 10.1 Å². The Morgan fingerprint density at radius 2 is 2.28 bits per heavy atom. The largest absolute Gasteiger partial charge is 0.480 e. The molecule has 0 bridgehead atoms. The van der Waals surface area contributed by atoms with E-state index in [-0.39, 0.29) is 11.6 Å². The molecule has 0 aromatic carbocycles. The summed E-state index contributed by atoms with van der Waals surface area (Å²) in [6, 6.07) is -0.979. The molecule has 0 radical (unpaired) electrons. The molecule has 1 aromatic rings. The van der Waals surface area contributed by atoms with Crippen molar-refractivity contribution in [1.82, 2.24) is 14.3 Å². The monoisotopic (exact) mass is 273 g/mol. The van der Waals surface area contributed by atoms with E-state index in [0.717, 1.165) is 10.7 Å². The standard InChI is InChI=1S/C10H15N3O4S/c1-7-11-6-9(12-7)18(16,17)13-5-3-2-4-8(13)10(14)15/h6,8H,2-5H2,1H3,(H,11,12)(H,14,15)/t8-/m0/s1. The van der Waals surface area contributed by atoms with Crippen molar-refractivity contribution < 1.29 is 18.3 Å². The Hall–Kier alpha value is -1.41. The summed E-state index contributed by atoms with van der Waals surface area (Å²) in [7, 11) is -3.80. The Morgan fingerprint density at radius 1 is 1.56 bits per heavy atom. The summed E-state index contributed by atoms with van der Waals surface area (Å²) in [6.45, 7) is 1.88. The Balaban J connectivity index is 2.36. The van der Waals surface area contributed by atoms with E-state index in [1.54, 1.807) is 6.92 Å².